The van der Waals surface area contributed by atoms with E-state index < -0.39 is 0 Å². The third-order valence-corrected chi connectivity index (χ3v) is 4.38. The topological polar surface area (TPSA) is 44.1 Å². The van der Waals surface area contributed by atoms with Crippen molar-refractivity contribution in [3.63, 3.8) is 0 Å². The summed E-state index contributed by atoms with van der Waals surface area (Å²) in [7, 11) is 0. The molecule has 15 heavy (non-hydrogen) atoms. The first-order valence-corrected chi connectivity index (χ1v) is 6.76. The fraction of sp³-hybridized carbons (Fsp3) is 0.818. The molecule has 0 aliphatic carbocycles. The molecule has 3 nitrogen and oxygen atoms in total. The molecule has 0 saturated carbocycles. The fourth-order valence-electron chi connectivity index (χ4n) is 2.29. The Balaban J connectivity index is 2.00. The van der Waals surface area contributed by atoms with Crippen molar-refractivity contribution in [1.29, 1.82) is 5.26 Å². The van der Waals surface area contributed by atoms with Gasteiger partial charge in [0, 0.05) is 18.2 Å². The van der Waals surface area contributed by atoms with Gasteiger partial charge in [0.2, 0.25) is 5.91 Å². The summed E-state index contributed by atoms with van der Waals surface area (Å²) in [6, 6.07) is 2.10. The molecule has 0 N–H and O–H groups in total. The molecule has 0 radical (unpaired) electrons. The Hall–Kier alpha value is -0.690. The van der Waals surface area contributed by atoms with Crippen LogP contribution in [0.3, 0.4) is 0 Å². The first-order chi connectivity index (χ1) is 7.33. The van der Waals surface area contributed by atoms with Gasteiger partial charge in [-0.25, -0.2) is 0 Å². The van der Waals surface area contributed by atoms with Crippen molar-refractivity contribution in [3.05, 3.63) is 0 Å². The highest BCUT2D eigenvalue weighted by Crippen LogP contribution is 2.27. The van der Waals surface area contributed by atoms with Gasteiger partial charge in [0.1, 0.15) is 6.04 Å². The van der Waals surface area contributed by atoms with Crippen molar-refractivity contribution in [2.75, 3.05) is 18.1 Å². The van der Waals surface area contributed by atoms with Crippen LogP contribution in [-0.2, 0) is 4.79 Å². The molecule has 0 aromatic rings. The third-order valence-electron chi connectivity index (χ3n) is 3.21. The van der Waals surface area contributed by atoms with Crippen LogP contribution >= 0.6 is 11.8 Å². The van der Waals surface area contributed by atoms with E-state index in [0.29, 0.717) is 0 Å². The van der Waals surface area contributed by atoms with Gasteiger partial charge in [0.25, 0.3) is 0 Å². The number of carbonyl (C=O) groups excluding carboxylic acids is 1. The minimum absolute atomic E-state index is 0.156. The molecule has 2 fully saturated rings. The predicted molar refractivity (Wildman–Crippen MR) is 60.4 cm³/mol. The highest BCUT2D eigenvalue weighted by atomic mass is 32.2. The van der Waals surface area contributed by atoms with Gasteiger partial charge < -0.3 is 4.90 Å². The normalized spacial score (nSPS) is 31.3. The first kappa shape index (κ1) is 10.8. The molecule has 2 rings (SSSR count). The van der Waals surface area contributed by atoms with E-state index in [0.717, 1.165) is 43.7 Å². The molecule has 1 amide bonds. The van der Waals surface area contributed by atoms with Crippen LogP contribution in [0.5, 0.6) is 0 Å². The van der Waals surface area contributed by atoms with Crippen LogP contribution in [0.25, 0.3) is 0 Å². The Morgan fingerprint density at radius 3 is 2.93 bits per heavy atom. The lowest BCUT2D eigenvalue weighted by molar-refractivity contribution is -0.137. The molecular weight excluding hydrogens is 208 g/mol. The smallest absolute Gasteiger partial charge is 0.227 e. The SMILES string of the molecule is N#CC1CCCCN1C(=O)C1CCSC1. The number of nitrogens with zero attached hydrogens (tertiary/aromatic N) is 2. The van der Waals surface area contributed by atoms with E-state index in [1.165, 1.54) is 0 Å². The molecule has 2 unspecified atom stereocenters. The number of nitriles is 1. The van der Waals surface area contributed by atoms with E-state index in [9.17, 15) is 4.79 Å². The molecule has 2 atom stereocenters. The van der Waals surface area contributed by atoms with Crippen LogP contribution in [0.1, 0.15) is 25.7 Å². The molecule has 2 heterocycles. The van der Waals surface area contributed by atoms with Gasteiger partial charge in [-0.3, -0.25) is 4.79 Å². The van der Waals surface area contributed by atoms with Crippen molar-refractivity contribution in [1.82, 2.24) is 4.90 Å². The molecule has 2 aliphatic rings. The fourth-order valence-corrected chi connectivity index (χ4v) is 3.50. The van der Waals surface area contributed by atoms with Crippen LogP contribution < -0.4 is 0 Å². The average Bonchev–Trinajstić information content (AvgIpc) is 2.81. The second-order valence-electron chi connectivity index (χ2n) is 4.23. The van der Waals surface area contributed by atoms with Crippen LogP contribution in [0.2, 0.25) is 0 Å². The quantitative estimate of drug-likeness (QED) is 0.680. The molecule has 4 heteroatoms. The predicted octanol–water partition coefficient (Wildman–Crippen LogP) is 1.64. The third kappa shape index (κ3) is 2.28. The minimum Gasteiger partial charge on any atom is -0.326 e. The maximum atomic E-state index is 12.1. The number of carbonyl (C=O) groups is 1. The summed E-state index contributed by atoms with van der Waals surface area (Å²) in [6.07, 6.45) is 4.01. The lowest BCUT2D eigenvalue weighted by atomic mass is 9.99. The highest BCUT2D eigenvalue weighted by Gasteiger charge is 2.32. The van der Waals surface area contributed by atoms with E-state index in [1.54, 1.807) is 0 Å². The van der Waals surface area contributed by atoms with Crippen molar-refractivity contribution in [2.24, 2.45) is 5.92 Å². The molecule has 0 spiro atoms. The average molecular weight is 224 g/mol. The molecule has 0 aromatic carbocycles. The zero-order valence-electron chi connectivity index (χ0n) is 8.82. The summed E-state index contributed by atoms with van der Waals surface area (Å²) in [4.78, 5) is 14.0. The number of rotatable bonds is 1. The monoisotopic (exact) mass is 224 g/mol. The van der Waals surface area contributed by atoms with Gasteiger partial charge >= 0.3 is 0 Å². The van der Waals surface area contributed by atoms with Gasteiger partial charge in [-0.15, -0.1) is 0 Å². The lowest BCUT2D eigenvalue weighted by Gasteiger charge is -2.33. The lowest BCUT2D eigenvalue weighted by Crippen LogP contribution is -2.45. The molecule has 2 saturated heterocycles. The first-order valence-electron chi connectivity index (χ1n) is 5.61. The standard InChI is InChI=1S/C11H16N2OS/c12-7-10-3-1-2-5-13(10)11(14)9-4-6-15-8-9/h9-10H,1-6,8H2. The maximum Gasteiger partial charge on any atom is 0.227 e. The second kappa shape index (κ2) is 4.89. The van der Waals surface area contributed by atoms with Crippen LogP contribution in [0.15, 0.2) is 0 Å². The summed E-state index contributed by atoms with van der Waals surface area (Å²) < 4.78 is 0. The van der Waals surface area contributed by atoms with Crippen molar-refractivity contribution < 1.29 is 4.79 Å². The zero-order chi connectivity index (χ0) is 10.7. The largest absolute Gasteiger partial charge is 0.326 e. The maximum absolute atomic E-state index is 12.1. The molecular formula is C11H16N2OS. The van der Waals surface area contributed by atoms with Crippen molar-refractivity contribution >= 4 is 17.7 Å². The Morgan fingerprint density at radius 1 is 1.40 bits per heavy atom. The van der Waals surface area contributed by atoms with E-state index in [-0.39, 0.29) is 17.9 Å². The van der Waals surface area contributed by atoms with E-state index in [2.05, 4.69) is 6.07 Å². The number of hydrogen-bond acceptors (Lipinski definition) is 3. The van der Waals surface area contributed by atoms with E-state index in [4.69, 9.17) is 5.26 Å². The Morgan fingerprint density at radius 2 is 2.27 bits per heavy atom. The molecule has 82 valence electrons. The Labute approximate surface area is 94.8 Å². The van der Waals surface area contributed by atoms with Crippen LogP contribution in [0.4, 0.5) is 0 Å². The summed E-state index contributed by atoms with van der Waals surface area (Å²) in [5, 5.41) is 9.00. The number of hydrogen-bond donors (Lipinski definition) is 0. The Kier molecular flexibility index (Phi) is 3.53. The molecule has 0 aromatic heterocycles. The van der Waals surface area contributed by atoms with Gasteiger partial charge in [0.15, 0.2) is 0 Å². The minimum atomic E-state index is -0.156. The zero-order valence-corrected chi connectivity index (χ0v) is 9.63. The number of likely N-dealkylation sites (tertiary alicyclic amines) is 1. The van der Waals surface area contributed by atoms with Crippen molar-refractivity contribution in [2.45, 2.75) is 31.7 Å². The second-order valence-corrected chi connectivity index (χ2v) is 5.38. The Bertz CT molecular complexity index is 281. The number of thioether (sulfide) groups is 1. The van der Waals surface area contributed by atoms with E-state index in [1.807, 2.05) is 16.7 Å². The summed E-state index contributed by atoms with van der Waals surface area (Å²) >= 11 is 1.85. The van der Waals surface area contributed by atoms with E-state index >= 15 is 0 Å². The molecule has 0 bridgehead atoms. The van der Waals surface area contributed by atoms with Gasteiger partial charge in [-0.05, 0) is 31.4 Å². The van der Waals surface area contributed by atoms with Crippen molar-refractivity contribution in [3.8, 4) is 6.07 Å². The summed E-state index contributed by atoms with van der Waals surface area (Å²) in [5.41, 5.74) is 0. The molecule has 2 aliphatic heterocycles. The van der Waals surface area contributed by atoms with Gasteiger partial charge in [0.05, 0.1) is 6.07 Å². The summed E-state index contributed by atoms with van der Waals surface area (Å²) in [5.74, 6) is 2.46. The van der Waals surface area contributed by atoms with Crippen LogP contribution in [0, 0.1) is 17.2 Å². The van der Waals surface area contributed by atoms with Gasteiger partial charge in [-0.1, -0.05) is 0 Å². The number of amides is 1. The van der Waals surface area contributed by atoms with Crippen LogP contribution in [-0.4, -0.2) is 34.9 Å². The number of piperidine rings is 1. The van der Waals surface area contributed by atoms with Gasteiger partial charge in [-0.2, -0.15) is 17.0 Å². The highest BCUT2D eigenvalue weighted by molar-refractivity contribution is 7.99. The summed E-state index contributed by atoms with van der Waals surface area (Å²) in [6.45, 7) is 0.790.